The molecule has 0 saturated carbocycles. The quantitative estimate of drug-likeness (QED) is 0.671. The molecule has 0 saturated heterocycles. The van der Waals surface area contributed by atoms with Crippen molar-refractivity contribution in [2.24, 2.45) is 0 Å². The highest BCUT2D eigenvalue weighted by Gasteiger charge is 2.15. The van der Waals surface area contributed by atoms with Gasteiger partial charge in [-0.3, -0.25) is 0 Å². The molecular formula is C22H23N3O2. The van der Waals surface area contributed by atoms with E-state index in [9.17, 15) is 4.79 Å². The summed E-state index contributed by atoms with van der Waals surface area (Å²) in [4.78, 5) is 16.7. The predicted octanol–water partition coefficient (Wildman–Crippen LogP) is 3.87. The maximum atomic E-state index is 12.5. The Balaban J connectivity index is 1.67. The Hall–Kier alpha value is -3.34. The SMILES string of the molecule is COc1ncccc1CNC(=O)NC(Cc1ccccc1)c1ccccc1. The Bertz CT molecular complexity index is 854. The van der Waals surface area contributed by atoms with Gasteiger partial charge in [0.15, 0.2) is 0 Å². The molecule has 0 fully saturated rings. The van der Waals surface area contributed by atoms with Gasteiger partial charge in [0.05, 0.1) is 13.2 Å². The number of carbonyl (C=O) groups is 1. The van der Waals surface area contributed by atoms with Gasteiger partial charge in [0.1, 0.15) is 0 Å². The van der Waals surface area contributed by atoms with E-state index < -0.39 is 0 Å². The standard InChI is InChI=1S/C22H23N3O2/c1-27-21-19(13-8-14-23-21)16-24-22(26)25-20(18-11-6-3-7-12-18)15-17-9-4-2-5-10-17/h2-14,20H,15-16H2,1H3,(H2,24,25,26). The van der Waals surface area contributed by atoms with Crippen molar-refractivity contribution < 1.29 is 9.53 Å². The molecule has 1 unspecified atom stereocenters. The van der Waals surface area contributed by atoms with Gasteiger partial charge in [-0.25, -0.2) is 9.78 Å². The van der Waals surface area contributed by atoms with Crippen LogP contribution in [-0.2, 0) is 13.0 Å². The number of benzene rings is 2. The van der Waals surface area contributed by atoms with Gasteiger partial charge in [0.25, 0.3) is 0 Å². The molecule has 1 aromatic heterocycles. The molecule has 5 heteroatoms. The van der Waals surface area contributed by atoms with Crippen LogP contribution in [-0.4, -0.2) is 18.1 Å². The minimum atomic E-state index is -0.231. The lowest BCUT2D eigenvalue weighted by Gasteiger charge is -2.20. The molecule has 3 rings (SSSR count). The van der Waals surface area contributed by atoms with Crippen molar-refractivity contribution in [3.8, 4) is 5.88 Å². The van der Waals surface area contributed by atoms with E-state index in [4.69, 9.17) is 4.74 Å². The minimum absolute atomic E-state index is 0.121. The first-order valence-corrected chi connectivity index (χ1v) is 8.87. The Labute approximate surface area is 159 Å². The number of methoxy groups -OCH3 is 1. The molecule has 138 valence electrons. The number of ether oxygens (including phenoxy) is 1. The smallest absolute Gasteiger partial charge is 0.315 e. The zero-order valence-electron chi connectivity index (χ0n) is 15.3. The van der Waals surface area contributed by atoms with Crippen LogP contribution in [0.15, 0.2) is 79.0 Å². The van der Waals surface area contributed by atoms with Gasteiger partial charge >= 0.3 is 6.03 Å². The summed E-state index contributed by atoms with van der Waals surface area (Å²) >= 11 is 0. The minimum Gasteiger partial charge on any atom is -0.481 e. The molecular weight excluding hydrogens is 338 g/mol. The number of aromatic nitrogens is 1. The molecule has 0 aliphatic heterocycles. The number of rotatable bonds is 7. The van der Waals surface area contributed by atoms with Crippen LogP contribution in [0.1, 0.15) is 22.7 Å². The van der Waals surface area contributed by atoms with E-state index in [-0.39, 0.29) is 12.1 Å². The monoisotopic (exact) mass is 361 g/mol. The van der Waals surface area contributed by atoms with Crippen molar-refractivity contribution in [2.75, 3.05) is 7.11 Å². The second-order valence-electron chi connectivity index (χ2n) is 6.15. The van der Waals surface area contributed by atoms with Crippen LogP contribution in [0, 0.1) is 0 Å². The molecule has 5 nitrogen and oxygen atoms in total. The second-order valence-corrected chi connectivity index (χ2v) is 6.15. The van der Waals surface area contributed by atoms with Gasteiger partial charge in [-0.15, -0.1) is 0 Å². The molecule has 0 radical (unpaired) electrons. The fraction of sp³-hybridized carbons (Fsp3) is 0.182. The first-order valence-electron chi connectivity index (χ1n) is 8.87. The number of amides is 2. The number of urea groups is 1. The van der Waals surface area contributed by atoms with Gasteiger partial charge in [-0.2, -0.15) is 0 Å². The van der Waals surface area contributed by atoms with Crippen LogP contribution in [0.5, 0.6) is 5.88 Å². The van der Waals surface area contributed by atoms with Crippen molar-refractivity contribution in [3.05, 3.63) is 95.7 Å². The van der Waals surface area contributed by atoms with Crippen molar-refractivity contribution >= 4 is 6.03 Å². The maximum Gasteiger partial charge on any atom is 0.315 e. The van der Waals surface area contributed by atoms with E-state index in [2.05, 4.69) is 27.8 Å². The highest BCUT2D eigenvalue weighted by molar-refractivity contribution is 5.74. The average Bonchev–Trinajstić information content (AvgIpc) is 2.73. The van der Waals surface area contributed by atoms with Crippen molar-refractivity contribution in [2.45, 2.75) is 19.0 Å². The van der Waals surface area contributed by atoms with E-state index in [1.807, 2.05) is 60.7 Å². The number of hydrogen-bond acceptors (Lipinski definition) is 3. The molecule has 0 aliphatic rings. The van der Waals surface area contributed by atoms with Gasteiger partial charge < -0.3 is 15.4 Å². The Kier molecular flexibility index (Phi) is 6.41. The molecule has 27 heavy (non-hydrogen) atoms. The third kappa shape index (κ3) is 5.31. The van der Waals surface area contributed by atoms with Gasteiger partial charge in [0.2, 0.25) is 5.88 Å². The van der Waals surface area contributed by atoms with Crippen molar-refractivity contribution in [3.63, 3.8) is 0 Å². The molecule has 3 aromatic rings. The van der Waals surface area contributed by atoms with Crippen molar-refractivity contribution in [1.29, 1.82) is 0 Å². The van der Waals surface area contributed by atoms with E-state index in [0.29, 0.717) is 18.8 Å². The summed E-state index contributed by atoms with van der Waals surface area (Å²) in [5, 5.41) is 5.97. The summed E-state index contributed by atoms with van der Waals surface area (Å²) in [6.45, 7) is 0.343. The summed E-state index contributed by atoms with van der Waals surface area (Å²) in [6.07, 6.45) is 2.38. The second kappa shape index (κ2) is 9.38. The summed E-state index contributed by atoms with van der Waals surface area (Å²) in [5.41, 5.74) is 3.06. The number of nitrogens with zero attached hydrogens (tertiary/aromatic N) is 1. The molecule has 1 atom stereocenters. The molecule has 2 N–H and O–H groups in total. The highest BCUT2D eigenvalue weighted by Crippen LogP contribution is 2.18. The molecule has 2 amide bonds. The topological polar surface area (TPSA) is 63.2 Å². The number of hydrogen-bond donors (Lipinski definition) is 2. The van der Waals surface area contributed by atoms with Crippen LogP contribution >= 0.6 is 0 Å². The zero-order chi connectivity index (χ0) is 18.9. The van der Waals surface area contributed by atoms with Gasteiger partial charge in [0, 0.05) is 18.3 Å². The van der Waals surface area contributed by atoms with E-state index >= 15 is 0 Å². The largest absolute Gasteiger partial charge is 0.481 e. The van der Waals surface area contributed by atoms with Crippen LogP contribution < -0.4 is 15.4 Å². The lowest BCUT2D eigenvalue weighted by molar-refractivity contribution is 0.236. The summed E-state index contributed by atoms with van der Waals surface area (Å²) in [7, 11) is 1.57. The molecule has 0 bridgehead atoms. The van der Waals surface area contributed by atoms with Crippen LogP contribution in [0.3, 0.4) is 0 Å². The van der Waals surface area contributed by atoms with Crippen LogP contribution in [0.2, 0.25) is 0 Å². The third-order valence-electron chi connectivity index (χ3n) is 4.27. The normalized spacial score (nSPS) is 11.4. The highest BCUT2D eigenvalue weighted by atomic mass is 16.5. The Morgan fingerprint density at radius 1 is 1.00 bits per heavy atom. The molecule has 2 aromatic carbocycles. The summed E-state index contributed by atoms with van der Waals surface area (Å²) in [5.74, 6) is 0.515. The van der Waals surface area contributed by atoms with Crippen LogP contribution in [0.4, 0.5) is 4.79 Å². The van der Waals surface area contributed by atoms with Crippen molar-refractivity contribution in [1.82, 2.24) is 15.6 Å². The average molecular weight is 361 g/mol. The summed E-state index contributed by atoms with van der Waals surface area (Å²) < 4.78 is 5.22. The first-order chi connectivity index (χ1) is 13.3. The Morgan fingerprint density at radius 2 is 1.70 bits per heavy atom. The fourth-order valence-electron chi connectivity index (χ4n) is 2.91. The molecule has 0 aliphatic carbocycles. The predicted molar refractivity (Wildman–Crippen MR) is 105 cm³/mol. The lowest BCUT2D eigenvalue weighted by atomic mass is 9.99. The third-order valence-corrected chi connectivity index (χ3v) is 4.27. The Morgan fingerprint density at radius 3 is 2.41 bits per heavy atom. The maximum absolute atomic E-state index is 12.5. The molecule has 1 heterocycles. The summed E-state index contributed by atoms with van der Waals surface area (Å²) in [6, 6.07) is 23.5. The van der Waals surface area contributed by atoms with Gasteiger partial charge in [-0.05, 0) is 23.6 Å². The number of nitrogens with one attached hydrogen (secondary N) is 2. The number of carbonyl (C=O) groups excluding carboxylic acids is 1. The fourth-order valence-corrected chi connectivity index (χ4v) is 2.91. The van der Waals surface area contributed by atoms with E-state index in [0.717, 1.165) is 11.1 Å². The lowest BCUT2D eigenvalue weighted by Crippen LogP contribution is -2.38. The van der Waals surface area contributed by atoms with Crippen LogP contribution in [0.25, 0.3) is 0 Å². The number of pyridine rings is 1. The zero-order valence-corrected chi connectivity index (χ0v) is 15.3. The first kappa shape index (κ1) is 18.5. The van der Waals surface area contributed by atoms with E-state index in [1.165, 1.54) is 5.56 Å². The van der Waals surface area contributed by atoms with E-state index in [1.54, 1.807) is 13.3 Å². The van der Waals surface area contributed by atoms with Gasteiger partial charge in [-0.1, -0.05) is 66.7 Å². The molecule has 0 spiro atoms.